The molecule has 1 aromatic rings. The van der Waals surface area contributed by atoms with Crippen molar-refractivity contribution in [3.63, 3.8) is 0 Å². The number of likely N-dealkylation sites (N-methyl/N-ethyl adjacent to an activating group) is 1. The molecule has 1 N–H and O–H groups in total. The summed E-state index contributed by atoms with van der Waals surface area (Å²) < 4.78 is 18.3. The van der Waals surface area contributed by atoms with Crippen LogP contribution in [0.5, 0.6) is 5.75 Å². The Hall–Kier alpha value is -1.33. The Balaban J connectivity index is 0.00000200. The lowest BCUT2D eigenvalue weighted by atomic mass is 10.1. The van der Waals surface area contributed by atoms with E-state index in [9.17, 15) is 9.18 Å². The van der Waals surface area contributed by atoms with Crippen molar-refractivity contribution in [2.75, 3.05) is 27.2 Å². The monoisotopic (exact) mass is 302 g/mol. The van der Waals surface area contributed by atoms with Gasteiger partial charge in [0.25, 0.3) is 5.91 Å². The molecule has 0 radical (unpaired) electrons. The second-order valence-electron chi connectivity index (χ2n) is 4.70. The fraction of sp³-hybridized carbons (Fsp3) is 0.500. The smallest absolute Gasteiger partial charge is 0.254 e. The lowest BCUT2D eigenvalue weighted by Crippen LogP contribution is -2.40. The van der Waals surface area contributed by atoms with Gasteiger partial charge in [0.05, 0.1) is 7.11 Å². The number of ether oxygens (including phenoxy) is 1. The summed E-state index contributed by atoms with van der Waals surface area (Å²) in [5.41, 5.74) is 0.473. The molecule has 1 fully saturated rings. The minimum atomic E-state index is -0.452. The predicted molar refractivity (Wildman–Crippen MR) is 78.2 cm³/mol. The number of nitrogens with one attached hydrogen (secondary N) is 1. The molecule has 4 nitrogen and oxygen atoms in total. The number of carbonyl (C=O) groups is 1. The first-order valence-corrected chi connectivity index (χ1v) is 6.46. The van der Waals surface area contributed by atoms with E-state index in [1.165, 1.54) is 25.3 Å². The van der Waals surface area contributed by atoms with Crippen molar-refractivity contribution in [3.05, 3.63) is 29.6 Å². The fourth-order valence-corrected chi connectivity index (χ4v) is 2.51. The summed E-state index contributed by atoms with van der Waals surface area (Å²) in [6, 6.07) is 4.46. The van der Waals surface area contributed by atoms with E-state index in [4.69, 9.17) is 4.74 Å². The zero-order chi connectivity index (χ0) is 13.8. The van der Waals surface area contributed by atoms with Gasteiger partial charge in [-0.05, 0) is 38.1 Å². The van der Waals surface area contributed by atoms with E-state index in [0.717, 1.165) is 25.9 Å². The highest BCUT2D eigenvalue weighted by atomic mass is 35.5. The largest absolute Gasteiger partial charge is 0.494 e. The van der Waals surface area contributed by atoms with Gasteiger partial charge in [0.15, 0.2) is 11.6 Å². The van der Waals surface area contributed by atoms with Crippen molar-refractivity contribution in [1.82, 2.24) is 10.2 Å². The van der Waals surface area contributed by atoms with Crippen LogP contribution < -0.4 is 10.1 Å². The first kappa shape index (κ1) is 16.7. The third kappa shape index (κ3) is 3.41. The normalized spacial score (nSPS) is 17.8. The number of benzene rings is 1. The Morgan fingerprint density at radius 2 is 2.30 bits per heavy atom. The third-order valence-electron chi connectivity index (χ3n) is 3.48. The lowest BCUT2D eigenvalue weighted by Gasteiger charge is -2.24. The molecule has 1 heterocycles. The van der Waals surface area contributed by atoms with Crippen LogP contribution in [-0.2, 0) is 0 Å². The van der Waals surface area contributed by atoms with Crippen molar-refractivity contribution in [2.45, 2.75) is 18.9 Å². The number of carbonyl (C=O) groups excluding carboxylic acids is 1. The van der Waals surface area contributed by atoms with E-state index in [2.05, 4.69) is 5.32 Å². The molecule has 0 spiro atoms. The van der Waals surface area contributed by atoms with Gasteiger partial charge in [0.1, 0.15) is 0 Å². The zero-order valence-electron chi connectivity index (χ0n) is 11.7. The molecule has 20 heavy (non-hydrogen) atoms. The quantitative estimate of drug-likeness (QED) is 0.926. The van der Waals surface area contributed by atoms with Crippen LogP contribution in [0.4, 0.5) is 4.39 Å². The maximum absolute atomic E-state index is 13.3. The summed E-state index contributed by atoms with van der Waals surface area (Å²) in [7, 11) is 3.27. The summed E-state index contributed by atoms with van der Waals surface area (Å²) in [4.78, 5) is 14.3. The summed E-state index contributed by atoms with van der Waals surface area (Å²) in [6.45, 7) is 1.54. The summed E-state index contributed by atoms with van der Waals surface area (Å²) in [5, 5.41) is 3.10. The molecular weight excluding hydrogens is 283 g/mol. The average Bonchev–Trinajstić information content (AvgIpc) is 2.87. The van der Waals surface area contributed by atoms with E-state index < -0.39 is 5.82 Å². The van der Waals surface area contributed by atoms with E-state index in [0.29, 0.717) is 5.56 Å². The molecule has 0 aromatic heterocycles. The number of hydrogen-bond acceptors (Lipinski definition) is 3. The minimum Gasteiger partial charge on any atom is -0.494 e. The SMILES string of the molecule is CNCC1CCCN1C(=O)c1ccc(F)c(OC)c1.Cl. The van der Waals surface area contributed by atoms with Gasteiger partial charge >= 0.3 is 0 Å². The molecule has 1 unspecified atom stereocenters. The van der Waals surface area contributed by atoms with Crippen molar-refractivity contribution in [1.29, 1.82) is 0 Å². The topological polar surface area (TPSA) is 41.6 Å². The van der Waals surface area contributed by atoms with Crippen molar-refractivity contribution >= 4 is 18.3 Å². The minimum absolute atomic E-state index is 0. The van der Waals surface area contributed by atoms with Gasteiger partial charge in [-0.25, -0.2) is 4.39 Å². The molecule has 1 atom stereocenters. The van der Waals surface area contributed by atoms with Crippen LogP contribution in [0.2, 0.25) is 0 Å². The van der Waals surface area contributed by atoms with Crippen LogP contribution in [0.25, 0.3) is 0 Å². The van der Waals surface area contributed by atoms with E-state index >= 15 is 0 Å². The number of nitrogens with zero attached hydrogens (tertiary/aromatic N) is 1. The molecule has 0 bridgehead atoms. The number of methoxy groups -OCH3 is 1. The van der Waals surface area contributed by atoms with Gasteiger partial charge in [-0.1, -0.05) is 0 Å². The standard InChI is InChI=1S/C14H19FN2O2.ClH/c1-16-9-11-4-3-7-17(11)14(18)10-5-6-12(15)13(8-10)19-2;/h5-6,8,11,16H,3-4,7,9H2,1-2H3;1H. The molecule has 1 amide bonds. The molecule has 0 saturated carbocycles. The highest BCUT2D eigenvalue weighted by Gasteiger charge is 2.29. The molecular formula is C14H20ClFN2O2. The van der Waals surface area contributed by atoms with E-state index in [-0.39, 0.29) is 30.1 Å². The molecule has 1 aliphatic heterocycles. The molecule has 112 valence electrons. The predicted octanol–water partition coefficient (Wildman–Crippen LogP) is 2.08. The second-order valence-corrected chi connectivity index (χ2v) is 4.70. The fourth-order valence-electron chi connectivity index (χ4n) is 2.51. The van der Waals surface area contributed by atoms with E-state index in [1.807, 2.05) is 11.9 Å². The first-order chi connectivity index (χ1) is 9.17. The molecule has 1 aliphatic rings. The zero-order valence-corrected chi connectivity index (χ0v) is 12.5. The van der Waals surface area contributed by atoms with Gasteiger partial charge in [0, 0.05) is 24.7 Å². The van der Waals surface area contributed by atoms with Crippen LogP contribution in [0.15, 0.2) is 18.2 Å². The van der Waals surface area contributed by atoms with Gasteiger partial charge in [-0.3, -0.25) is 4.79 Å². The van der Waals surface area contributed by atoms with E-state index in [1.54, 1.807) is 0 Å². The third-order valence-corrected chi connectivity index (χ3v) is 3.48. The van der Waals surface area contributed by atoms with Crippen LogP contribution >= 0.6 is 12.4 Å². The molecule has 2 rings (SSSR count). The Bertz CT molecular complexity index is 470. The summed E-state index contributed by atoms with van der Waals surface area (Å²) in [5.74, 6) is -0.404. The van der Waals surface area contributed by atoms with Crippen LogP contribution in [0.1, 0.15) is 23.2 Å². The highest BCUT2D eigenvalue weighted by Crippen LogP contribution is 2.23. The van der Waals surface area contributed by atoms with Gasteiger partial charge in [-0.15, -0.1) is 12.4 Å². The Labute approximate surface area is 124 Å². The molecule has 1 saturated heterocycles. The molecule has 1 aromatic carbocycles. The van der Waals surface area contributed by atoms with Gasteiger partial charge in [-0.2, -0.15) is 0 Å². The number of halogens is 2. The van der Waals surface area contributed by atoms with Crippen molar-refractivity contribution < 1.29 is 13.9 Å². The first-order valence-electron chi connectivity index (χ1n) is 6.46. The van der Waals surface area contributed by atoms with Crippen LogP contribution in [0, 0.1) is 5.82 Å². The number of rotatable bonds is 4. The Morgan fingerprint density at radius 1 is 1.55 bits per heavy atom. The van der Waals surface area contributed by atoms with Crippen LogP contribution in [-0.4, -0.2) is 44.1 Å². The second kappa shape index (κ2) is 7.45. The van der Waals surface area contributed by atoms with Crippen molar-refractivity contribution in [3.8, 4) is 5.75 Å². The molecule has 6 heteroatoms. The van der Waals surface area contributed by atoms with Gasteiger partial charge in [0.2, 0.25) is 0 Å². The number of hydrogen-bond donors (Lipinski definition) is 1. The van der Waals surface area contributed by atoms with Crippen LogP contribution in [0.3, 0.4) is 0 Å². The Kier molecular flexibility index (Phi) is 6.23. The highest BCUT2D eigenvalue weighted by molar-refractivity contribution is 5.95. The average molecular weight is 303 g/mol. The maximum atomic E-state index is 13.3. The van der Waals surface area contributed by atoms with Gasteiger partial charge < -0.3 is 15.0 Å². The number of amides is 1. The van der Waals surface area contributed by atoms with Crippen molar-refractivity contribution in [2.24, 2.45) is 0 Å². The number of likely N-dealkylation sites (tertiary alicyclic amines) is 1. The Morgan fingerprint density at radius 3 is 2.95 bits per heavy atom. The lowest BCUT2D eigenvalue weighted by molar-refractivity contribution is 0.0736. The maximum Gasteiger partial charge on any atom is 0.254 e. The molecule has 0 aliphatic carbocycles. The summed E-state index contributed by atoms with van der Waals surface area (Å²) >= 11 is 0. The summed E-state index contributed by atoms with van der Waals surface area (Å²) in [6.07, 6.45) is 2.02.